The van der Waals surface area contributed by atoms with Gasteiger partial charge in [-0.05, 0) is 29.7 Å². The van der Waals surface area contributed by atoms with Crippen molar-refractivity contribution in [1.29, 1.82) is 0 Å². The molecular formula is C12H16ClN3O3. The van der Waals surface area contributed by atoms with Gasteiger partial charge in [-0.3, -0.25) is 4.79 Å². The van der Waals surface area contributed by atoms with Crippen molar-refractivity contribution in [3.63, 3.8) is 0 Å². The molecule has 1 amide bonds. The average Bonchev–Trinajstić information content (AvgIpc) is 2.95. The SMILES string of the molecule is Cn1c(C(=O)N2CCC(CCCl)C2)ccc1[N+](=O)[O-]. The van der Waals surface area contributed by atoms with Crippen LogP contribution >= 0.6 is 11.6 Å². The van der Waals surface area contributed by atoms with Gasteiger partial charge in [-0.25, -0.2) is 4.57 Å². The number of hydrogen-bond donors (Lipinski definition) is 0. The van der Waals surface area contributed by atoms with Crippen molar-refractivity contribution < 1.29 is 9.72 Å². The number of nitrogens with zero attached hydrogens (tertiary/aromatic N) is 3. The summed E-state index contributed by atoms with van der Waals surface area (Å²) in [5.74, 6) is 0.826. The van der Waals surface area contributed by atoms with Crippen LogP contribution in [0, 0.1) is 16.0 Å². The highest BCUT2D eigenvalue weighted by Crippen LogP contribution is 2.23. The summed E-state index contributed by atoms with van der Waals surface area (Å²) < 4.78 is 1.33. The number of alkyl halides is 1. The predicted molar refractivity (Wildman–Crippen MR) is 71.4 cm³/mol. The van der Waals surface area contributed by atoms with E-state index in [1.807, 2.05) is 0 Å². The fourth-order valence-corrected chi connectivity index (χ4v) is 2.78. The van der Waals surface area contributed by atoms with Crippen molar-refractivity contribution >= 4 is 23.3 Å². The fourth-order valence-electron chi connectivity index (χ4n) is 2.47. The van der Waals surface area contributed by atoms with Crippen LogP contribution in [0.4, 0.5) is 5.82 Å². The summed E-state index contributed by atoms with van der Waals surface area (Å²) in [6.45, 7) is 1.38. The van der Waals surface area contributed by atoms with Crippen LogP contribution in [0.15, 0.2) is 12.1 Å². The minimum absolute atomic E-state index is 0.0696. The van der Waals surface area contributed by atoms with Crippen molar-refractivity contribution in [3.05, 3.63) is 27.9 Å². The Morgan fingerprint density at radius 1 is 1.58 bits per heavy atom. The van der Waals surface area contributed by atoms with E-state index in [-0.39, 0.29) is 11.7 Å². The summed E-state index contributed by atoms with van der Waals surface area (Å²) in [5, 5.41) is 10.8. The molecule has 1 unspecified atom stereocenters. The molecule has 2 rings (SSSR count). The average molecular weight is 286 g/mol. The smallest absolute Gasteiger partial charge is 0.323 e. The van der Waals surface area contributed by atoms with Gasteiger partial charge in [0.05, 0.1) is 7.05 Å². The summed E-state index contributed by atoms with van der Waals surface area (Å²) in [7, 11) is 1.54. The van der Waals surface area contributed by atoms with Gasteiger partial charge >= 0.3 is 5.82 Å². The summed E-state index contributed by atoms with van der Waals surface area (Å²) in [5.41, 5.74) is 0.359. The molecule has 1 aromatic heterocycles. The number of nitro groups is 1. The van der Waals surface area contributed by atoms with Crippen LogP contribution in [0.5, 0.6) is 0 Å². The highest BCUT2D eigenvalue weighted by molar-refractivity contribution is 6.17. The number of hydrogen-bond acceptors (Lipinski definition) is 3. The lowest BCUT2D eigenvalue weighted by molar-refractivity contribution is -0.391. The van der Waals surface area contributed by atoms with Gasteiger partial charge < -0.3 is 15.0 Å². The maximum atomic E-state index is 12.3. The Balaban J connectivity index is 2.11. The van der Waals surface area contributed by atoms with Crippen molar-refractivity contribution in [2.24, 2.45) is 13.0 Å². The van der Waals surface area contributed by atoms with Crippen molar-refractivity contribution in [2.75, 3.05) is 19.0 Å². The molecule has 6 nitrogen and oxygen atoms in total. The Hall–Kier alpha value is -1.56. The van der Waals surface area contributed by atoms with Gasteiger partial charge in [-0.15, -0.1) is 11.6 Å². The molecule has 19 heavy (non-hydrogen) atoms. The quantitative estimate of drug-likeness (QED) is 0.483. The van der Waals surface area contributed by atoms with E-state index in [1.54, 1.807) is 4.90 Å². The number of carbonyl (C=O) groups is 1. The normalized spacial score (nSPS) is 18.8. The van der Waals surface area contributed by atoms with Crippen LogP contribution in [0.1, 0.15) is 23.3 Å². The lowest BCUT2D eigenvalue weighted by Gasteiger charge is -2.15. The van der Waals surface area contributed by atoms with E-state index in [2.05, 4.69) is 0 Å². The van der Waals surface area contributed by atoms with Crippen LogP contribution in [-0.2, 0) is 7.05 Å². The first-order chi connectivity index (χ1) is 9.04. The molecule has 0 spiro atoms. The lowest BCUT2D eigenvalue weighted by Crippen LogP contribution is -2.30. The molecule has 0 bridgehead atoms. The highest BCUT2D eigenvalue weighted by Gasteiger charge is 2.30. The number of aromatic nitrogens is 1. The van der Waals surface area contributed by atoms with Gasteiger partial charge in [0.25, 0.3) is 5.91 Å². The minimum atomic E-state index is -0.489. The molecule has 1 aromatic rings. The van der Waals surface area contributed by atoms with E-state index >= 15 is 0 Å². The van der Waals surface area contributed by atoms with Crippen LogP contribution in [0.3, 0.4) is 0 Å². The Bertz CT molecular complexity index is 500. The molecule has 1 saturated heterocycles. The second-order valence-electron chi connectivity index (χ2n) is 4.78. The number of carbonyl (C=O) groups excluding carboxylic acids is 1. The van der Waals surface area contributed by atoms with E-state index in [1.165, 1.54) is 23.7 Å². The van der Waals surface area contributed by atoms with E-state index in [9.17, 15) is 14.9 Å². The number of amides is 1. The molecule has 1 fully saturated rings. The van der Waals surface area contributed by atoms with Crippen LogP contribution in [0.25, 0.3) is 0 Å². The number of halogens is 1. The third-order valence-corrected chi connectivity index (χ3v) is 3.81. The summed E-state index contributed by atoms with van der Waals surface area (Å²) in [4.78, 5) is 24.3. The Kier molecular flexibility index (Phi) is 4.09. The van der Waals surface area contributed by atoms with Gasteiger partial charge in [0.2, 0.25) is 0 Å². The van der Waals surface area contributed by atoms with E-state index in [0.717, 1.165) is 12.8 Å². The summed E-state index contributed by atoms with van der Waals surface area (Å²) in [6, 6.07) is 2.87. The second kappa shape index (κ2) is 5.61. The van der Waals surface area contributed by atoms with Crippen LogP contribution in [0.2, 0.25) is 0 Å². The first-order valence-corrected chi connectivity index (χ1v) is 6.73. The molecule has 0 aromatic carbocycles. The molecule has 1 aliphatic rings. The van der Waals surface area contributed by atoms with Crippen molar-refractivity contribution in [3.8, 4) is 0 Å². The van der Waals surface area contributed by atoms with Gasteiger partial charge in [-0.2, -0.15) is 0 Å². The molecule has 104 valence electrons. The Labute approximate surface area is 116 Å². The zero-order chi connectivity index (χ0) is 14.0. The third-order valence-electron chi connectivity index (χ3n) is 3.59. The summed E-state index contributed by atoms with van der Waals surface area (Å²) in [6.07, 6.45) is 1.85. The molecule has 0 radical (unpaired) electrons. The van der Waals surface area contributed by atoms with Crippen molar-refractivity contribution in [1.82, 2.24) is 9.47 Å². The highest BCUT2D eigenvalue weighted by atomic mass is 35.5. The Morgan fingerprint density at radius 2 is 2.32 bits per heavy atom. The standard InChI is InChI=1S/C12H16ClN3O3/c1-14-10(2-3-11(14)16(18)19)12(17)15-7-5-9(8-15)4-6-13/h2-3,9H,4-8H2,1H3. The van der Waals surface area contributed by atoms with E-state index in [0.29, 0.717) is 30.6 Å². The molecule has 0 saturated carbocycles. The fraction of sp³-hybridized carbons (Fsp3) is 0.583. The van der Waals surface area contributed by atoms with Gasteiger partial charge in [0.1, 0.15) is 0 Å². The number of rotatable bonds is 4. The molecule has 1 aliphatic heterocycles. The van der Waals surface area contributed by atoms with Crippen LogP contribution in [-0.4, -0.2) is 39.3 Å². The summed E-state index contributed by atoms with van der Waals surface area (Å²) >= 11 is 5.71. The number of likely N-dealkylation sites (tertiary alicyclic amines) is 1. The first-order valence-electron chi connectivity index (χ1n) is 6.20. The lowest BCUT2D eigenvalue weighted by atomic mass is 10.1. The van der Waals surface area contributed by atoms with E-state index in [4.69, 9.17) is 11.6 Å². The van der Waals surface area contributed by atoms with Gasteiger partial charge in [0.15, 0.2) is 5.69 Å². The minimum Gasteiger partial charge on any atom is -0.358 e. The molecule has 0 aliphatic carbocycles. The molecule has 2 heterocycles. The Morgan fingerprint density at radius 3 is 2.89 bits per heavy atom. The molecule has 1 atom stereocenters. The first kappa shape index (κ1) is 13.9. The predicted octanol–water partition coefficient (Wildman–Crippen LogP) is 2.02. The maximum Gasteiger partial charge on any atom is 0.323 e. The van der Waals surface area contributed by atoms with Crippen molar-refractivity contribution in [2.45, 2.75) is 12.8 Å². The zero-order valence-electron chi connectivity index (χ0n) is 10.7. The largest absolute Gasteiger partial charge is 0.358 e. The molecular weight excluding hydrogens is 270 g/mol. The topological polar surface area (TPSA) is 68.4 Å². The van der Waals surface area contributed by atoms with Crippen LogP contribution < -0.4 is 0 Å². The second-order valence-corrected chi connectivity index (χ2v) is 5.15. The molecule has 0 N–H and O–H groups in total. The molecule has 7 heteroatoms. The van der Waals surface area contributed by atoms with Gasteiger partial charge in [-0.1, -0.05) is 0 Å². The van der Waals surface area contributed by atoms with E-state index < -0.39 is 4.92 Å². The van der Waals surface area contributed by atoms with Gasteiger partial charge in [0, 0.05) is 25.0 Å². The zero-order valence-corrected chi connectivity index (χ0v) is 11.5. The maximum absolute atomic E-state index is 12.3. The third kappa shape index (κ3) is 2.73. The monoisotopic (exact) mass is 285 g/mol.